The highest BCUT2D eigenvalue weighted by Gasteiger charge is 2.04. The van der Waals surface area contributed by atoms with Crippen molar-refractivity contribution in [1.29, 1.82) is 0 Å². The summed E-state index contributed by atoms with van der Waals surface area (Å²) in [6, 6.07) is 8.85. The van der Waals surface area contributed by atoms with E-state index in [4.69, 9.17) is 49.5 Å². The van der Waals surface area contributed by atoms with E-state index in [0.717, 1.165) is 0 Å². The van der Waals surface area contributed by atoms with E-state index in [1.54, 1.807) is 24.3 Å². The van der Waals surface area contributed by atoms with Crippen molar-refractivity contribution in [2.24, 2.45) is 0 Å². The Bertz CT molecular complexity index is 548. The Hall–Kier alpha value is -1.30. The summed E-state index contributed by atoms with van der Waals surface area (Å²) in [7, 11) is 0. The predicted octanol–water partition coefficient (Wildman–Crippen LogP) is 2.20. The molecule has 0 N–H and O–H groups in total. The van der Waals surface area contributed by atoms with E-state index >= 15 is 0 Å². The van der Waals surface area contributed by atoms with Crippen molar-refractivity contribution in [2.45, 2.75) is 0 Å². The molecule has 1 rings (SSSR count). The number of hydrogen-bond donors (Lipinski definition) is 0. The number of ether oxygens (including phenoxy) is 8. The lowest BCUT2D eigenvalue weighted by Crippen LogP contribution is -2.15. The van der Waals surface area contributed by atoms with Gasteiger partial charge in [-0.3, -0.25) is 0 Å². The highest BCUT2D eigenvalue weighted by atomic mass is 35.5. The number of carbonyl (C=O) groups is 1. The average molecular weight is 493 g/mol. The Morgan fingerprint density at radius 2 is 0.848 bits per heavy atom. The van der Waals surface area contributed by atoms with Crippen molar-refractivity contribution in [3.63, 3.8) is 0 Å². The second kappa shape index (κ2) is 23.8. The van der Waals surface area contributed by atoms with Crippen LogP contribution in [0.3, 0.4) is 0 Å². The molecule has 0 heterocycles. The van der Waals surface area contributed by atoms with Crippen molar-refractivity contribution in [2.75, 3.05) is 105 Å². The van der Waals surface area contributed by atoms with E-state index in [-0.39, 0.29) is 12.6 Å². The van der Waals surface area contributed by atoms with Crippen LogP contribution in [0.2, 0.25) is 0 Å². The van der Waals surface area contributed by atoms with Crippen LogP contribution < -0.4 is 0 Å². The minimum absolute atomic E-state index is 0.209. The largest absolute Gasteiger partial charge is 0.460 e. The van der Waals surface area contributed by atoms with Crippen LogP contribution in [0.5, 0.6) is 0 Å². The molecule has 1 aromatic rings. The highest BCUT2D eigenvalue weighted by Crippen LogP contribution is 2.00. The first kappa shape index (κ1) is 29.7. The smallest absolute Gasteiger partial charge is 0.338 e. The van der Waals surface area contributed by atoms with Crippen LogP contribution in [-0.4, -0.2) is 111 Å². The monoisotopic (exact) mass is 492 g/mol. The Labute approximate surface area is 201 Å². The number of carbonyl (C=O) groups excluding carboxylic acids is 1. The molecule has 0 amide bonds. The van der Waals surface area contributed by atoms with Crippen molar-refractivity contribution in [3.8, 4) is 0 Å². The average Bonchev–Trinajstić information content (AvgIpc) is 2.85. The predicted molar refractivity (Wildman–Crippen MR) is 123 cm³/mol. The molecule has 0 fully saturated rings. The van der Waals surface area contributed by atoms with Crippen LogP contribution in [-0.2, 0) is 37.9 Å². The van der Waals surface area contributed by atoms with Gasteiger partial charge in [0.25, 0.3) is 0 Å². The second-order valence-electron chi connectivity index (χ2n) is 6.48. The van der Waals surface area contributed by atoms with Crippen LogP contribution >= 0.6 is 11.6 Å². The van der Waals surface area contributed by atoms with Gasteiger partial charge in [0.15, 0.2) is 0 Å². The Morgan fingerprint density at radius 1 is 0.515 bits per heavy atom. The van der Waals surface area contributed by atoms with Gasteiger partial charge in [-0.05, 0) is 12.1 Å². The molecular weight excluding hydrogens is 456 g/mol. The Morgan fingerprint density at radius 3 is 1.21 bits per heavy atom. The summed E-state index contributed by atoms with van der Waals surface area (Å²) in [5, 5.41) is 0. The molecule has 0 unspecified atom stereocenters. The molecule has 0 atom stereocenters. The van der Waals surface area contributed by atoms with E-state index in [0.29, 0.717) is 104 Å². The third-order valence-electron chi connectivity index (χ3n) is 3.92. The van der Waals surface area contributed by atoms with Crippen molar-refractivity contribution >= 4 is 17.6 Å². The molecule has 0 aliphatic carbocycles. The van der Waals surface area contributed by atoms with Crippen LogP contribution in [0, 0.1) is 0 Å². The molecule has 33 heavy (non-hydrogen) atoms. The summed E-state index contributed by atoms with van der Waals surface area (Å²) in [4.78, 5) is 11.7. The lowest BCUT2D eigenvalue weighted by molar-refractivity contribution is -0.0219. The summed E-state index contributed by atoms with van der Waals surface area (Å²) < 4.78 is 42.6. The van der Waals surface area contributed by atoms with Gasteiger partial charge in [0.2, 0.25) is 0 Å². The van der Waals surface area contributed by atoms with Gasteiger partial charge in [0, 0.05) is 5.88 Å². The SMILES string of the molecule is O=C(OCCOCCOCCOCCOCCOCCOCCOCCCl)c1ccccc1. The van der Waals surface area contributed by atoms with Crippen LogP contribution in [0.25, 0.3) is 0 Å². The molecule has 0 radical (unpaired) electrons. The van der Waals surface area contributed by atoms with Gasteiger partial charge in [0.05, 0.1) is 98.1 Å². The number of rotatable bonds is 24. The fraction of sp³-hybridized carbons (Fsp3) is 0.696. The first-order valence-corrected chi connectivity index (χ1v) is 11.7. The van der Waals surface area contributed by atoms with Crippen molar-refractivity contribution in [3.05, 3.63) is 35.9 Å². The lowest BCUT2D eigenvalue weighted by atomic mass is 10.2. The summed E-state index contributed by atoms with van der Waals surface area (Å²) in [6.07, 6.45) is 0. The molecule has 10 heteroatoms. The zero-order valence-electron chi connectivity index (χ0n) is 19.3. The maximum atomic E-state index is 11.7. The molecule has 9 nitrogen and oxygen atoms in total. The third kappa shape index (κ3) is 19.8. The van der Waals surface area contributed by atoms with E-state index in [2.05, 4.69) is 0 Å². The standard InChI is InChI=1S/C23H37ClO9/c24-6-7-26-8-9-27-10-11-28-12-13-29-14-15-30-16-17-31-18-19-32-20-21-33-23(25)22-4-2-1-3-5-22/h1-5H,6-21H2. The maximum absolute atomic E-state index is 11.7. The molecule has 0 saturated carbocycles. The summed E-state index contributed by atoms with van der Waals surface area (Å²) in [6.45, 7) is 7.09. The Balaban J connectivity index is 1.69. The second-order valence-corrected chi connectivity index (χ2v) is 6.86. The third-order valence-corrected chi connectivity index (χ3v) is 4.08. The first-order valence-electron chi connectivity index (χ1n) is 11.2. The van der Waals surface area contributed by atoms with Gasteiger partial charge in [-0.15, -0.1) is 11.6 Å². The van der Waals surface area contributed by atoms with Gasteiger partial charge in [0.1, 0.15) is 6.61 Å². The summed E-state index contributed by atoms with van der Waals surface area (Å²) in [5.74, 6) is 0.144. The van der Waals surface area contributed by atoms with Gasteiger partial charge in [-0.2, -0.15) is 0 Å². The normalized spacial score (nSPS) is 11.1. The van der Waals surface area contributed by atoms with E-state index in [9.17, 15) is 4.79 Å². The molecule has 1 aromatic carbocycles. The molecule has 0 aliphatic heterocycles. The van der Waals surface area contributed by atoms with Gasteiger partial charge in [-0.1, -0.05) is 18.2 Å². The molecule has 0 aromatic heterocycles. The molecule has 190 valence electrons. The number of benzene rings is 1. The lowest BCUT2D eigenvalue weighted by Gasteiger charge is -2.08. The molecule has 0 aliphatic rings. The topological polar surface area (TPSA) is 90.9 Å². The number of hydrogen-bond acceptors (Lipinski definition) is 9. The van der Waals surface area contributed by atoms with Crippen LogP contribution in [0.15, 0.2) is 30.3 Å². The molecule has 0 spiro atoms. The highest BCUT2D eigenvalue weighted by molar-refractivity contribution is 6.17. The summed E-state index contributed by atoms with van der Waals surface area (Å²) >= 11 is 5.49. The van der Waals surface area contributed by atoms with Crippen molar-refractivity contribution in [1.82, 2.24) is 0 Å². The van der Waals surface area contributed by atoms with E-state index in [1.807, 2.05) is 6.07 Å². The quantitative estimate of drug-likeness (QED) is 0.122. The minimum Gasteiger partial charge on any atom is -0.460 e. The van der Waals surface area contributed by atoms with Crippen LogP contribution in [0.1, 0.15) is 10.4 Å². The van der Waals surface area contributed by atoms with Gasteiger partial charge in [-0.25, -0.2) is 4.79 Å². The van der Waals surface area contributed by atoms with Crippen molar-refractivity contribution < 1.29 is 42.7 Å². The molecule has 0 bridgehead atoms. The van der Waals surface area contributed by atoms with Crippen LogP contribution in [0.4, 0.5) is 0 Å². The minimum atomic E-state index is -0.352. The fourth-order valence-corrected chi connectivity index (χ4v) is 2.44. The maximum Gasteiger partial charge on any atom is 0.338 e. The zero-order chi connectivity index (χ0) is 23.7. The van der Waals surface area contributed by atoms with E-state index < -0.39 is 0 Å². The molecular formula is C23H37ClO9. The zero-order valence-corrected chi connectivity index (χ0v) is 20.0. The Kier molecular flexibility index (Phi) is 21.5. The van der Waals surface area contributed by atoms with Gasteiger partial charge >= 0.3 is 5.97 Å². The number of alkyl halides is 1. The first-order chi connectivity index (χ1) is 16.3. The fourth-order valence-electron chi connectivity index (χ4n) is 2.33. The number of halogens is 1. The summed E-state index contributed by atoms with van der Waals surface area (Å²) in [5.41, 5.74) is 0.529. The number of esters is 1. The molecule has 0 saturated heterocycles. The van der Waals surface area contributed by atoms with E-state index in [1.165, 1.54) is 0 Å². The van der Waals surface area contributed by atoms with Gasteiger partial charge < -0.3 is 37.9 Å².